The van der Waals surface area contributed by atoms with E-state index in [1.807, 2.05) is 0 Å². The summed E-state index contributed by atoms with van der Waals surface area (Å²) in [7, 11) is -0.850. The zero-order chi connectivity index (χ0) is 17.7. The summed E-state index contributed by atoms with van der Waals surface area (Å²) >= 11 is 0. The molecule has 2 aromatic carbocycles. The van der Waals surface area contributed by atoms with Gasteiger partial charge in [-0.2, -0.15) is 0 Å². The minimum absolute atomic E-state index is 0.0837. The lowest BCUT2D eigenvalue weighted by atomic mass is 10.3. The van der Waals surface area contributed by atoms with Gasteiger partial charge in [-0.15, -0.1) is 0 Å². The van der Waals surface area contributed by atoms with E-state index >= 15 is 0 Å². The molecule has 128 valence electrons. The molecule has 0 aromatic heterocycles. The van der Waals surface area contributed by atoms with Crippen molar-refractivity contribution in [3.05, 3.63) is 60.9 Å². The Balaban J connectivity index is 2.45. The van der Waals surface area contributed by atoms with Crippen LogP contribution < -0.4 is 13.8 Å². The van der Waals surface area contributed by atoms with Crippen molar-refractivity contribution in [3.63, 3.8) is 0 Å². The van der Waals surface area contributed by atoms with Crippen LogP contribution in [0.15, 0.2) is 65.8 Å². The van der Waals surface area contributed by atoms with E-state index in [9.17, 15) is 13.5 Å². The highest BCUT2D eigenvalue weighted by molar-refractivity contribution is 7.92. The predicted molar refractivity (Wildman–Crippen MR) is 92.3 cm³/mol. The second-order valence-corrected chi connectivity index (χ2v) is 6.81. The van der Waals surface area contributed by atoms with Gasteiger partial charge in [-0.05, 0) is 48.5 Å². The molecule has 0 atom stereocenters. The highest BCUT2D eigenvalue weighted by atomic mass is 32.2. The number of anilines is 1. The lowest BCUT2D eigenvalue weighted by Crippen LogP contribution is -2.32. The fourth-order valence-corrected chi connectivity index (χ4v) is 3.56. The highest BCUT2D eigenvalue weighted by Crippen LogP contribution is 2.27. The first kappa shape index (κ1) is 17.7. The number of hydrogen-bond donors (Lipinski definition) is 1. The number of ether oxygens (including phenoxy) is 2. The minimum atomic E-state index is -3.88. The van der Waals surface area contributed by atoms with E-state index in [4.69, 9.17) is 9.47 Å². The second kappa shape index (κ2) is 7.27. The number of hydrogen-bond acceptors (Lipinski definition) is 5. The van der Waals surface area contributed by atoms with E-state index < -0.39 is 10.0 Å². The summed E-state index contributed by atoms with van der Waals surface area (Å²) in [6.45, 7) is 3.14. The Kier molecular flexibility index (Phi) is 5.35. The molecular formula is C17H19NO5S. The maximum absolute atomic E-state index is 12.9. The van der Waals surface area contributed by atoms with E-state index in [1.165, 1.54) is 26.4 Å². The van der Waals surface area contributed by atoms with Gasteiger partial charge >= 0.3 is 0 Å². The molecule has 0 unspecified atom stereocenters. The fourth-order valence-electron chi connectivity index (χ4n) is 2.10. The van der Waals surface area contributed by atoms with Gasteiger partial charge in [-0.1, -0.05) is 6.58 Å². The molecular weight excluding hydrogens is 330 g/mol. The summed E-state index contributed by atoms with van der Waals surface area (Å²) in [6.07, 6.45) is 0. The Morgan fingerprint density at radius 1 is 1.00 bits per heavy atom. The van der Waals surface area contributed by atoms with Gasteiger partial charge in [0.1, 0.15) is 17.3 Å². The molecule has 1 N–H and O–H groups in total. The van der Waals surface area contributed by atoms with Crippen molar-refractivity contribution in [2.24, 2.45) is 0 Å². The van der Waals surface area contributed by atoms with E-state index in [-0.39, 0.29) is 17.2 Å². The third-order valence-corrected chi connectivity index (χ3v) is 5.12. The van der Waals surface area contributed by atoms with Crippen LogP contribution in [0.3, 0.4) is 0 Å². The lowest BCUT2D eigenvalue weighted by molar-refractivity contribution is 0.406. The van der Waals surface area contributed by atoms with Crippen molar-refractivity contribution in [2.45, 2.75) is 4.90 Å². The van der Waals surface area contributed by atoms with E-state index in [0.717, 1.165) is 4.31 Å². The van der Waals surface area contributed by atoms with Gasteiger partial charge < -0.3 is 14.6 Å². The molecule has 0 saturated heterocycles. The molecule has 7 heteroatoms. The molecule has 2 aromatic rings. The first-order valence-corrected chi connectivity index (χ1v) is 8.50. The molecule has 0 spiro atoms. The number of rotatable bonds is 7. The molecule has 0 saturated carbocycles. The smallest absolute Gasteiger partial charge is 0.264 e. The zero-order valence-corrected chi connectivity index (χ0v) is 14.3. The number of sulfonamides is 1. The second-order valence-electron chi connectivity index (χ2n) is 4.95. The van der Waals surface area contributed by atoms with Crippen LogP contribution in [0.25, 0.3) is 0 Å². The van der Waals surface area contributed by atoms with Crippen molar-refractivity contribution in [1.29, 1.82) is 0 Å². The minimum Gasteiger partial charge on any atom is -0.511 e. The maximum Gasteiger partial charge on any atom is 0.264 e. The molecule has 0 aliphatic rings. The number of methoxy groups -OCH3 is 2. The molecule has 24 heavy (non-hydrogen) atoms. The van der Waals surface area contributed by atoms with Crippen molar-refractivity contribution >= 4 is 15.7 Å². The summed E-state index contributed by atoms with van der Waals surface area (Å²) in [4.78, 5) is 0.0837. The number of benzene rings is 2. The van der Waals surface area contributed by atoms with Gasteiger partial charge in [0.2, 0.25) is 0 Å². The Morgan fingerprint density at radius 2 is 1.46 bits per heavy atom. The van der Waals surface area contributed by atoms with Crippen molar-refractivity contribution < 1.29 is 23.0 Å². The molecule has 0 radical (unpaired) electrons. The Labute approximate surface area is 141 Å². The number of aliphatic hydroxyl groups excluding tert-OH is 1. The standard InChI is InChI=1S/C17H19NO5S/c1-13(19)12-18(14-4-6-15(22-2)7-5-14)24(20,21)17-10-8-16(23-3)9-11-17/h4-11,19H,1,12H2,2-3H3. The van der Waals surface area contributed by atoms with Gasteiger partial charge in [-0.25, -0.2) is 8.42 Å². The molecule has 0 heterocycles. The monoisotopic (exact) mass is 349 g/mol. The van der Waals surface area contributed by atoms with Crippen molar-refractivity contribution in [2.75, 3.05) is 25.1 Å². The molecule has 0 aliphatic heterocycles. The van der Waals surface area contributed by atoms with Crippen LogP contribution in [0.2, 0.25) is 0 Å². The topological polar surface area (TPSA) is 76.1 Å². The summed E-state index contributed by atoms with van der Waals surface area (Å²) in [5, 5.41) is 9.53. The Bertz CT molecular complexity index is 798. The maximum atomic E-state index is 12.9. The largest absolute Gasteiger partial charge is 0.511 e. The van der Waals surface area contributed by atoms with Gasteiger partial charge in [-0.3, -0.25) is 4.31 Å². The van der Waals surface area contributed by atoms with Crippen LogP contribution >= 0.6 is 0 Å². The molecule has 0 fully saturated rings. The van der Waals surface area contributed by atoms with Crippen LogP contribution in [-0.4, -0.2) is 34.3 Å². The van der Waals surface area contributed by atoms with Gasteiger partial charge in [0.05, 0.1) is 31.3 Å². The fraction of sp³-hybridized carbons (Fsp3) is 0.176. The normalized spacial score (nSPS) is 10.9. The zero-order valence-electron chi connectivity index (χ0n) is 13.5. The van der Waals surface area contributed by atoms with E-state index in [1.54, 1.807) is 36.4 Å². The average Bonchev–Trinajstić information content (AvgIpc) is 2.59. The number of aliphatic hydroxyl groups is 1. The molecule has 0 aliphatic carbocycles. The molecule has 0 amide bonds. The average molecular weight is 349 g/mol. The quantitative estimate of drug-likeness (QED) is 0.778. The van der Waals surface area contributed by atoms with E-state index in [0.29, 0.717) is 17.2 Å². The lowest BCUT2D eigenvalue weighted by Gasteiger charge is -2.24. The highest BCUT2D eigenvalue weighted by Gasteiger charge is 2.25. The summed E-state index contributed by atoms with van der Waals surface area (Å²) in [5.41, 5.74) is 0.391. The van der Waals surface area contributed by atoms with Crippen LogP contribution in [0.1, 0.15) is 0 Å². The number of nitrogens with zero attached hydrogens (tertiary/aromatic N) is 1. The predicted octanol–water partition coefficient (Wildman–Crippen LogP) is 2.97. The first-order valence-electron chi connectivity index (χ1n) is 7.06. The summed E-state index contributed by atoms with van der Waals surface area (Å²) in [6, 6.07) is 12.5. The third kappa shape index (κ3) is 3.80. The molecule has 6 nitrogen and oxygen atoms in total. The van der Waals surface area contributed by atoms with Gasteiger partial charge in [0, 0.05) is 0 Å². The summed E-state index contributed by atoms with van der Waals surface area (Å²) in [5.74, 6) is 0.891. The first-order chi connectivity index (χ1) is 11.4. The van der Waals surface area contributed by atoms with Gasteiger partial charge in [0.15, 0.2) is 0 Å². The van der Waals surface area contributed by atoms with Crippen LogP contribution in [0.5, 0.6) is 11.5 Å². The van der Waals surface area contributed by atoms with Crippen LogP contribution in [0.4, 0.5) is 5.69 Å². The van der Waals surface area contributed by atoms with Gasteiger partial charge in [0.25, 0.3) is 10.0 Å². The SMILES string of the molecule is C=C(O)CN(c1ccc(OC)cc1)S(=O)(=O)c1ccc(OC)cc1. The van der Waals surface area contributed by atoms with Crippen molar-refractivity contribution in [3.8, 4) is 11.5 Å². The Morgan fingerprint density at radius 3 is 1.88 bits per heavy atom. The Hall–Kier alpha value is -2.67. The molecule has 2 rings (SSSR count). The van der Waals surface area contributed by atoms with Crippen LogP contribution in [0, 0.1) is 0 Å². The van der Waals surface area contributed by atoms with Crippen LogP contribution in [-0.2, 0) is 10.0 Å². The summed E-state index contributed by atoms with van der Waals surface area (Å²) < 4.78 is 37.0. The van der Waals surface area contributed by atoms with E-state index in [2.05, 4.69) is 6.58 Å². The molecule has 0 bridgehead atoms. The third-order valence-electron chi connectivity index (χ3n) is 3.33. The van der Waals surface area contributed by atoms with Crippen molar-refractivity contribution in [1.82, 2.24) is 0 Å².